The van der Waals surface area contributed by atoms with Crippen molar-refractivity contribution < 1.29 is 14.3 Å². The number of allylic oxidation sites excluding steroid dienone is 2. The maximum Gasteiger partial charge on any atom is 0.309 e. The first kappa shape index (κ1) is 13.6. The van der Waals surface area contributed by atoms with Crippen molar-refractivity contribution in [2.75, 3.05) is 19.8 Å². The van der Waals surface area contributed by atoms with Crippen LogP contribution in [0.5, 0.6) is 0 Å². The maximum atomic E-state index is 11.9. The van der Waals surface area contributed by atoms with Crippen molar-refractivity contribution >= 4 is 5.97 Å². The fraction of sp³-hybridized carbons (Fsp3) is 0.800. The SMILES string of the molecule is CCC(C)COCCOC(=O)C1CC2C=CC1C2. The normalized spacial score (nSPS) is 30.7. The van der Waals surface area contributed by atoms with E-state index in [1.54, 1.807) is 0 Å². The Balaban J connectivity index is 1.57. The van der Waals surface area contributed by atoms with Gasteiger partial charge >= 0.3 is 5.97 Å². The van der Waals surface area contributed by atoms with Crippen LogP contribution in [0.4, 0.5) is 0 Å². The topological polar surface area (TPSA) is 35.5 Å². The molecule has 0 aromatic carbocycles. The van der Waals surface area contributed by atoms with Gasteiger partial charge in [-0.05, 0) is 30.6 Å². The minimum absolute atomic E-state index is 0.0287. The van der Waals surface area contributed by atoms with Crippen molar-refractivity contribution in [2.45, 2.75) is 33.1 Å². The smallest absolute Gasteiger partial charge is 0.309 e. The Labute approximate surface area is 110 Å². The van der Waals surface area contributed by atoms with E-state index < -0.39 is 0 Å². The molecule has 18 heavy (non-hydrogen) atoms. The molecule has 0 aliphatic heterocycles. The fourth-order valence-corrected chi connectivity index (χ4v) is 2.76. The zero-order chi connectivity index (χ0) is 13.0. The molecule has 2 rings (SSSR count). The van der Waals surface area contributed by atoms with Gasteiger partial charge in [0.1, 0.15) is 6.61 Å². The van der Waals surface area contributed by atoms with Gasteiger partial charge in [-0.25, -0.2) is 0 Å². The highest BCUT2D eigenvalue weighted by Gasteiger charge is 2.40. The summed E-state index contributed by atoms with van der Waals surface area (Å²) in [5.41, 5.74) is 0. The fourth-order valence-electron chi connectivity index (χ4n) is 2.76. The lowest BCUT2D eigenvalue weighted by atomic mass is 9.94. The van der Waals surface area contributed by atoms with Crippen LogP contribution in [-0.4, -0.2) is 25.8 Å². The quantitative estimate of drug-likeness (QED) is 0.397. The van der Waals surface area contributed by atoms with Crippen molar-refractivity contribution in [1.29, 1.82) is 0 Å². The molecule has 1 fully saturated rings. The molecule has 0 saturated heterocycles. The van der Waals surface area contributed by atoms with E-state index in [4.69, 9.17) is 9.47 Å². The molecule has 0 aromatic heterocycles. The van der Waals surface area contributed by atoms with Crippen LogP contribution >= 0.6 is 0 Å². The Morgan fingerprint density at radius 3 is 2.78 bits per heavy atom. The molecule has 102 valence electrons. The highest BCUT2D eigenvalue weighted by molar-refractivity contribution is 5.74. The van der Waals surface area contributed by atoms with Crippen LogP contribution in [0.25, 0.3) is 0 Å². The molecular weight excluding hydrogens is 228 g/mol. The molecule has 0 N–H and O–H groups in total. The second-order valence-corrected chi connectivity index (χ2v) is 5.64. The Morgan fingerprint density at radius 1 is 1.33 bits per heavy atom. The summed E-state index contributed by atoms with van der Waals surface area (Å²) < 4.78 is 10.8. The van der Waals surface area contributed by atoms with E-state index in [0.717, 1.165) is 25.9 Å². The number of hydrogen-bond acceptors (Lipinski definition) is 3. The Kier molecular flexibility index (Phi) is 4.81. The van der Waals surface area contributed by atoms with Gasteiger partial charge in [0.15, 0.2) is 0 Å². The molecule has 0 heterocycles. The molecule has 2 aliphatic rings. The monoisotopic (exact) mass is 252 g/mol. The van der Waals surface area contributed by atoms with E-state index in [1.807, 2.05) is 0 Å². The second-order valence-electron chi connectivity index (χ2n) is 5.64. The van der Waals surface area contributed by atoms with Gasteiger partial charge in [0.05, 0.1) is 12.5 Å². The Hall–Kier alpha value is -0.830. The average Bonchev–Trinajstić information content (AvgIpc) is 3.00. The van der Waals surface area contributed by atoms with Gasteiger partial charge in [0, 0.05) is 6.61 Å². The molecule has 3 nitrogen and oxygen atoms in total. The molecule has 0 spiro atoms. The van der Waals surface area contributed by atoms with E-state index in [0.29, 0.717) is 31.0 Å². The summed E-state index contributed by atoms with van der Waals surface area (Å²) in [5.74, 6) is 1.71. The molecule has 0 amide bonds. The summed E-state index contributed by atoms with van der Waals surface area (Å²) in [7, 11) is 0. The molecule has 4 atom stereocenters. The minimum Gasteiger partial charge on any atom is -0.463 e. The molecule has 2 bridgehead atoms. The van der Waals surface area contributed by atoms with Crippen LogP contribution in [0, 0.1) is 23.7 Å². The lowest BCUT2D eigenvalue weighted by Crippen LogP contribution is -2.23. The van der Waals surface area contributed by atoms with E-state index in [-0.39, 0.29) is 11.9 Å². The van der Waals surface area contributed by atoms with Crippen molar-refractivity contribution in [3.63, 3.8) is 0 Å². The van der Waals surface area contributed by atoms with E-state index in [2.05, 4.69) is 26.0 Å². The van der Waals surface area contributed by atoms with Gasteiger partial charge in [-0.1, -0.05) is 32.4 Å². The first-order chi connectivity index (χ1) is 8.70. The predicted molar refractivity (Wildman–Crippen MR) is 70.1 cm³/mol. The third kappa shape index (κ3) is 3.35. The average molecular weight is 252 g/mol. The number of carbonyl (C=O) groups excluding carboxylic acids is 1. The van der Waals surface area contributed by atoms with Crippen LogP contribution in [0.1, 0.15) is 33.1 Å². The van der Waals surface area contributed by atoms with Gasteiger partial charge in [-0.15, -0.1) is 0 Å². The minimum atomic E-state index is -0.0287. The maximum absolute atomic E-state index is 11.9. The van der Waals surface area contributed by atoms with Crippen LogP contribution in [0.3, 0.4) is 0 Å². The highest BCUT2D eigenvalue weighted by Crippen LogP contribution is 2.43. The Morgan fingerprint density at radius 2 is 2.17 bits per heavy atom. The molecule has 2 aliphatic carbocycles. The van der Waals surface area contributed by atoms with Gasteiger partial charge in [0.2, 0.25) is 0 Å². The van der Waals surface area contributed by atoms with Crippen LogP contribution in [0.2, 0.25) is 0 Å². The highest BCUT2D eigenvalue weighted by atomic mass is 16.6. The second kappa shape index (κ2) is 6.37. The van der Waals surface area contributed by atoms with Gasteiger partial charge in [0.25, 0.3) is 0 Å². The number of fused-ring (bicyclic) bond motifs is 2. The number of ether oxygens (including phenoxy) is 2. The van der Waals surface area contributed by atoms with Crippen molar-refractivity contribution in [3.8, 4) is 0 Å². The van der Waals surface area contributed by atoms with E-state index in [9.17, 15) is 4.79 Å². The summed E-state index contributed by atoms with van der Waals surface area (Å²) in [6.07, 6.45) is 7.67. The molecule has 0 aromatic rings. The summed E-state index contributed by atoms with van der Waals surface area (Å²) in [4.78, 5) is 11.9. The van der Waals surface area contributed by atoms with Crippen molar-refractivity contribution in [1.82, 2.24) is 0 Å². The standard InChI is InChI=1S/C15H24O3/c1-3-11(2)10-17-6-7-18-15(16)14-9-12-4-5-13(14)8-12/h4-5,11-14H,3,6-10H2,1-2H3. The number of rotatable bonds is 7. The zero-order valence-corrected chi connectivity index (χ0v) is 11.4. The van der Waals surface area contributed by atoms with Gasteiger partial charge < -0.3 is 9.47 Å². The molecule has 3 heteroatoms. The lowest BCUT2D eigenvalue weighted by Gasteiger charge is -2.17. The molecule has 4 unspecified atom stereocenters. The number of hydrogen-bond donors (Lipinski definition) is 0. The van der Waals surface area contributed by atoms with Gasteiger partial charge in [-0.2, -0.15) is 0 Å². The number of carbonyl (C=O) groups is 1. The molecule has 1 saturated carbocycles. The van der Waals surface area contributed by atoms with Crippen molar-refractivity contribution in [3.05, 3.63) is 12.2 Å². The van der Waals surface area contributed by atoms with Crippen LogP contribution in [-0.2, 0) is 14.3 Å². The lowest BCUT2D eigenvalue weighted by molar-refractivity contribution is -0.151. The third-order valence-electron chi connectivity index (χ3n) is 4.15. The largest absolute Gasteiger partial charge is 0.463 e. The Bertz CT molecular complexity index is 311. The summed E-state index contributed by atoms with van der Waals surface area (Å²) in [5, 5.41) is 0. The van der Waals surface area contributed by atoms with Crippen LogP contribution in [0.15, 0.2) is 12.2 Å². The van der Waals surface area contributed by atoms with Gasteiger partial charge in [-0.3, -0.25) is 4.79 Å². The third-order valence-corrected chi connectivity index (χ3v) is 4.15. The van der Waals surface area contributed by atoms with E-state index in [1.165, 1.54) is 0 Å². The first-order valence-corrected chi connectivity index (χ1v) is 7.13. The molecule has 0 radical (unpaired) electrons. The number of esters is 1. The first-order valence-electron chi connectivity index (χ1n) is 7.13. The summed E-state index contributed by atoms with van der Waals surface area (Å²) in [6, 6.07) is 0. The summed E-state index contributed by atoms with van der Waals surface area (Å²) >= 11 is 0. The summed E-state index contributed by atoms with van der Waals surface area (Å²) in [6.45, 7) is 5.98. The zero-order valence-electron chi connectivity index (χ0n) is 11.4. The predicted octanol–water partition coefficient (Wildman–Crippen LogP) is 2.80. The van der Waals surface area contributed by atoms with E-state index >= 15 is 0 Å². The van der Waals surface area contributed by atoms with Crippen molar-refractivity contribution in [2.24, 2.45) is 23.7 Å². The van der Waals surface area contributed by atoms with Crippen LogP contribution < -0.4 is 0 Å². The molecular formula is C15H24O3.